The van der Waals surface area contributed by atoms with Crippen LogP contribution in [0.4, 0.5) is 13.2 Å². The smallest absolute Gasteiger partial charge is 0.351 e. The molecule has 1 aliphatic rings. The summed E-state index contributed by atoms with van der Waals surface area (Å²) in [6, 6.07) is 1.00. The van der Waals surface area contributed by atoms with E-state index in [2.05, 4.69) is 15.6 Å². The first-order valence-corrected chi connectivity index (χ1v) is 6.90. The van der Waals surface area contributed by atoms with E-state index in [1.807, 2.05) is 6.92 Å². The third kappa shape index (κ3) is 4.07. The van der Waals surface area contributed by atoms with E-state index in [9.17, 15) is 18.0 Å². The van der Waals surface area contributed by atoms with E-state index in [1.54, 1.807) is 0 Å². The zero-order chi connectivity index (χ0) is 15.6. The van der Waals surface area contributed by atoms with Crippen LogP contribution in [0.5, 0.6) is 0 Å². The first-order chi connectivity index (χ1) is 9.77. The number of nitrogens with zero attached hydrogens (tertiary/aromatic N) is 1. The molecule has 0 aliphatic carbocycles. The highest BCUT2D eigenvalue weighted by Crippen LogP contribution is 2.32. The Morgan fingerprint density at radius 3 is 2.81 bits per heavy atom. The molecular weight excluding hydrogens is 307 g/mol. The highest BCUT2D eigenvalue weighted by Gasteiger charge is 2.34. The third-order valence-corrected chi connectivity index (χ3v) is 3.61. The van der Waals surface area contributed by atoms with Gasteiger partial charge in [-0.1, -0.05) is 11.6 Å². The molecule has 1 fully saturated rings. The van der Waals surface area contributed by atoms with Crippen LogP contribution in [0.25, 0.3) is 0 Å². The fourth-order valence-electron chi connectivity index (χ4n) is 2.31. The average molecular weight is 322 g/mol. The molecule has 0 radical (unpaired) electrons. The largest absolute Gasteiger partial charge is 0.418 e. The first kappa shape index (κ1) is 16.0. The Morgan fingerprint density at radius 1 is 1.52 bits per heavy atom. The van der Waals surface area contributed by atoms with E-state index in [0.29, 0.717) is 12.6 Å². The van der Waals surface area contributed by atoms with Gasteiger partial charge in [-0.05, 0) is 31.4 Å². The van der Waals surface area contributed by atoms with Crippen LogP contribution >= 0.6 is 11.6 Å². The topological polar surface area (TPSA) is 54.0 Å². The minimum Gasteiger partial charge on any atom is -0.351 e. The van der Waals surface area contributed by atoms with E-state index < -0.39 is 11.7 Å². The monoisotopic (exact) mass is 321 g/mol. The summed E-state index contributed by atoms with van der Waals surface area (Å²) in [5.41, 5.74) is -0.984. The summed E-state index contributed by atoms with van der Waals surface area (Å²) in [6.07, 6.45) is -2.30. The minimum atomic E-state index is -4.53. The van der Waals surface area contributed by atoms with Crippen molar-refractivity contribution in [2.45, 2.75) is 44.6 Å². The fraction of sp³-hybridized carbons (Fsp3) is 0.538. The van der Waals surface area contributed by atoms with Gasteiger partial charge in [0.15, 0.2) is 0 Å². The number of hydrogen-bond donors (Lipinski definition) is 2. The van der Waals surface area contributed by atoms with Crippen molar-refractivity contribution >= 4 is 17.5 Å². The lowest BCUT2D eigenvalue weighted by atomic mass is 10.1. The quantitative estimate of drug-likeness (QED) is 0.841. The molecule has 21 heavy (non-hydrogen) atoms. The molecule has 2 rings (SSSR count). The molecule has 8 heteroatoms. The number of amides is 1. The predicted octanol–water partition coefficient (Wildman–Crippen LogP) is 2.51. The molecule has 1 aromatic rings. The van der Waals surface area contributed by atoms with E-state index >= 15 is 0 Å². The van der Waals surface area contributed by atoms with E-state index in [0.717, 1.165) is 12.5 Å². The molecule has 4 nitrogen and oxygen atoms in total. The van der Waals surface area contributed by atoms with Crippen LogP contribution in [0.2, 0.25) is 5.15 Å². The second-order valence-electron chi connectivity index (χ2n) is 5.08. The second-order valence-corrected chi connectivity index (χ2v) is 5.46. The van der Waals surface area contributed by atoms with Gasteiger partial charge in [0.2, 0.25) is 5.91 Å². The van der Waals surface area contributed by atoms with E-state index in [1.165, 1.54) is 0 Å². The van der Waals surface area contributed by atoms with Gasteiger partial charge in [-0.25, -0.2) is 4.98 Å². The Hall–Kier alpha value is -1.34. The van der Waals surface area contributed by atoms with Crippen LogP contribution in [0.1, 0.15) is 30.9 Å². The number of carbonyl (C=O) groups is 1. The number of aromatic nitrogens is 1. The minimum absolute atomic E-state index is 0.0418. The van der Waals surface area contributed by atoms with Crippen molar-refractivity contribution in [1.29, 1.82) is 0 Å². The molecule has 1 amide bonds. The molecule has 0 saturated carbocycles. The van der Waals surface area contributed by atoms with Gasteiger partial charge >= 0.3 is 6.18 Å². The van der Waals surface area contributed by atoms with Gasteiger partial charge in [0.1, 0.15) is 5.15 Å². The maximum atomic E-state index is 12.8. The molecule has 0 aromatic carbocycles. The number of carbonyl (C=O) groups excluding carboxylic acids is 1. The van der Waals surface area contributed by atoms with E-state index in [-0.39, 0.29) is 35.3 Å². The van der Waals surface area contributed by atoms with Gasteiger partial charge in [0.25, 0.3) is 0 Å². The predicted molar refractivity (Wildman–Crippen MR) is 71.7 cm³/mol. The third-order valence-electron chi connectivity index (χ3n) is 3.41. The van der Waals surface area contributed by atoms with Crippen LogP contribution in [0.15, 0.2) is 12.3 Å². The van der Waals surface area contributed by atoms with Gasteiger partial charge in [0, 0.05) is 18.8 Å². The van der Waals surface area contributed by atoms with Gasteiger partial charge in [0.05, 0.1) is 11.6 Å². The molecule has 2 unspecified atom stereocenters. The van der Waals surface area contributed by atoms with Crippen LogP contribution in [-0.4, -0.2) is 23.0 Å². The molecule has 0 bridgehead atoms. The molecular formula is C13H15ClF3N3O. The Kier molecular flexibility index (Phi) is 4.73. The maximum absolute atomic E-state index is 12.8. The lowest BCUT2D eigenvalue weighted by Crippen LogP contribution is -2.42. The van der Waals surface area contributed by atoms with E-state index in [4.69, 9.17) is 11.6 Å². The van der Waals surface area contributed by atoms with Crippen molar-refractivity contribution in [1.82, 2.24) is 15.6 Å². The zero-order valence-electron chi connectivity index (χ0n) is 11.3. The van der Waals surface area contributed by atoms with Crippen LogP contribution in [-0.2, 0) is 17.5 Å². The van der Waals surface area contributed by atoms with Crippen molar-refractivity contribution in [3.8, 4) is 0 Å². The normalized spacial score (nSPS) is 22.3. The Bertz CT molecular complexity index is 536. The average Bonchev–Trinajstić information content (AvgIpc) is 2.81. The van der Waals surface area contributed by atoms with Crippen molar-refractivity contribution in [3.63, 3.8) is 0 Å². The van der Waals surface area contributed by atoms with Crippen molar-refractivity contribution in [3.05, 3.63) is 28.5 Å². The standard InChI is InChI=1S/C13H15ClF3N3O/c1-7-2-3-10(20-7)12(21)19-5-8-4-11(14)18-6-9(8)13(15,16)17/h4,6-7,10,20H,2-3,5H2,1H3,(H,19,21). The number of halogens is 4. The number of alkyl halides is 3. The summed E-state index contributed by atoms with van der Waals surface area (Å²) in [4.78, 5) is 15.3. The summed E-state index contributed by atoms with van der Waals surface area (Å²) >= 11 is 5.62. The molecule has 2 atom stereocenters. The number of hydrogen-bond acceptors (Lipinski definition) is 3. The van der Waals surface area contributed by atoms with Gasteiger partial charge in [-0.2, -0.15) is 13.2 Å². The number of pyridine rings is 1. The van der Waals surface area contributed by atoms with Gasteiger partial charge in [-0.3, -0.25) is 4.79 Å². The first-order valence-electron chi connectivity index (χ1n) is 6.52. The Morgan fingerprint density at radius 2 is 2.24 bits per heavy atom. The summed E-state index contributed by atoms with van der Waals surface area (Å²) in [5, 5.41) is 5.54. The van der Waals surface area contributed by atoms with Crippen molar-refractivity contribution in [2.75, 3.05) is 0 Å². The number of rotatable bonds is 3. The van der Waals surface area contributed by atoms with Crippen molar-refractivity contribution < 1.29 is 18.0 Å². The van der Waals surface area contributed by atoms with Gasteiger partial charge < -0.3 is 10.6 Å². The summed E-state index contributed by atoms with van der Waals surface area (Å²) in [6.45, 7) is 1.72. The summed E-state index contributed by atoms with van der Waals surface area (Å²) < 4.78 is 38.5. The molecule has 1 aromatic heterocycles. The molecule has 1 saturated heterocycles. The van der Waals surface area contributed by atoms with Gasteiger partial charge in [-0.15, -0.1) is 0 Å². The number of nitrogens with one attached hydrogen (secondary N) is 2. The molecule has 116 valence electrons. The Balaban J connectivity index is 2.06. The Labute approximate surface area is 125 Å². The molecule has 2 N–H and O–H groups in total. The zero-order valence-corrected chi connectivity index (χ0v) is 12.1. The fourth-order valence-corrected chi connectivity index (χ4v) is 2.49. The van der Waals surface area contributed by atoms with Crippen LogP contribution in [0, 0.1) is 0 Å². The van der Waals surface area contributed by atoms with Crippen LogP contribution in [0.3, 0.4) is 0 Å². The van der Waals surface area contributed by atoms with Crippen LogP contribution < -0.4 is 10.6 Å². The summed E-state index contributed by atoms with van der Waals surface area (Å²) in [7, 11) is 0. The lowest BCUT2D eigenvalue weighted by molar-refractivity contribution is -0.138. The SMILES string of the molecule is CC1CCC(C(=O)NCc2cc(Cl)ncc2C(F)(F)F)N1. The molecule has 2 heterocycles. The molecule has 1 aliphatic heterocycles. The lowest BCUT2D eigenvalue weighted by Gasteiger charge is -2.15. The summed E-state index contributed by atoms with van der Waals surface area (Å²) in [5.74, 6) is -0.305. The second kappa shape index (κ2) is 6.19. The van der Waals surface area contributed by atoms with Crippen molar-refractivity contribution in [2.24, 2.45) is 0 Å². The maximum Gasteiger partial charge on any atom is 0.418 e. The highest BCUT2D eigenvalue weighted by molar-refractivity contribution is 6.29. The molecule has 0 spiro atoms. The highest BCUT2D eigenvalue weighted by atomic mass is 35.5.